The average Bonchev–Trinajstić information content (AvgIpc) is 1.84. The molecule has 0 rings (SSSR count). The Kier molecular flexibility index (Phi) is 4.24. The van der Waals surface area contributed by atoms with Crippen LogP contribution in [0.15, 0.2) is 0 Å². The van der Waals surface area contributed by atoms with Gasteiger partial charge in [0.2, 0.25) is 0 Å². The standard InChI is InChI=1S/C6H10O6/c1-3(7)2-12-4(5(8)9)6(10)11/h3-4,7H,2H2,1H3,(H,8,9)(H,10,11). The Morgan fingerprint density at radius 1 is 1.33 bits per heavy atom. The zero-order valence-electron chi connectivity index (χ0n) is 6.43. The van der Waals surface area contributed by atoms with Crippen LogP contribution in [0.4, 0.5) is 0 Å². The average molecular weight is 178 g/mol. The first-order chi connectivity index (χ1) is 5.45. The molecule has 0 amide bonds. The van der Waals surface area contributed by atoms with Crippen LogP contribution in [0.5, 0.6) is 0 Å². The lowest BCUT2D eigenvalue weighted by Crippen LogP contribution is -2.34. The number of aliphatic hydroxyl groups excluding tert-OH is 1. The fourth-order valence-corrected chi connectivity index (χ4v) is 0.484. The first-order valence-corrected chi connectivity index (χ1v) is 3.20. The lowest BCUT2D eigenvalue weighted by molar-refractivity contribution is -0.167. The number of ether oxygens (including phenoxy) is 1. The fourth-order valence-electron chi connectivity index (χ4n) is 0.484. The van der Waals surface area contributed by atoms with Gasteiger partial charge in [-0.2, -0.15) is 0 Å². The Morgan fingerprint density at radius 2 is 1.75 bits per heavy atom. The molecule has 1 atom stereocenters. The van der Waals surface area contributed by atoms with Crippen molar-refractivity contribution in [3.63, 3.8) is 0 Å². The predicted octanol–water partition coefficient (Wildman–Crippen LogP) is -1.08. The predicted molar refractivity (Wildman–Crippen MR) is 36.7 cm³/mol. The monoisotopic (exact) mass is 178 g/mol. The van der Waals surface area contributed by atoms with Crippen LogP contribution >= 0.6 is 0 Å². The second-order valence-electron chi connectivity index (χ2n) is 2.24. The van der Waals surface area contributed by atoms with Gasteiger partial charge in [0, 0.05) is 0 Å². The van der Waals surface area contributed by atoms with E-state index in [2.05, 4.69) is 4.74 Å². The quantitative estimate of drug-likeness (QED) is 0.462. The number of hydrogen-bond donors (Lipinski definition) is 3. The number of carboxylic acid groups (broad SMARTS) is 2. The Morgan fingerprint density at radius 3 is 2.00 bits per heavy atom. The number of carbonyl (C=O) groups is 2. The van der Waals surface area contributed by atoms with Crippen LogP contribution in [-0.4, -0.2) is 46.1 Å². The van der Waals surface area contributed by atoms with E-state index >= 15 is 0 Å². The van der Waals surface area contributed by atoms with Crippen molar-refractivity contribution in [1.82, 2.24) is 0 Å². The van der Waals surface area contributed by atoms with Crippen molar-refractivity contribution in [2.75, 3.05) is 6.61 Å². The van der Waals surface area contributed by atoms with E-state index in [4.69, 9.17) is 15.3 Å². The largest absolute Gasteiger partial charge is 0.479 e. The van der Waals surface area contributed by atoms with E-state index in [1.165, 1.54) is 6.92 Å². The summed E-state index contributed by atoms with van der Waals surface area (Å²) < 4.78 is 4.38. The normalized spacial score (nSPS) is 12.9. The first kappa shape index (κ1) is 10.9. The zero-order valence-corrected chi connectivity index (χ0v) is 6.43. The number of hydrogen-bond acceptors (Lipinski definition) is 4. The number of aliphatic carboxylic acids is 2. The molecular formula is C6H10O6. The van der Waals surface area contributed by atoms with E-state index < -0.39 is 24.1 Å². The Bertz CT molecular complexity index is 161. The van der Waals surface area contributed by atoms with Gasteiger partial charge in [0.15, 0.2) is 0 Å². The molecule has 0 heterocycles. The van der Waals surface area contributed by atoms with E-state index in [9.17, 15) is 9.59 Å². The summed E-state index contributed by atoms with van der Waals surface area (Å²) in [6.07, 6.45) is -2.79. The van der Waals surface area contributed by atoms with Crippen molar-refractivity contribution >= 4 is 11.9 Å². The molecule has 0 saturated carbocycles. The SMILES string of the molecule is CC(O)COC(C(=O)O)C(=O)O. The van der Waals surface area contributed by atoms with Crippen molar-refractivity contribution in [3.05, 3.63) is 0 Å². The summed E-state index contributed by atoms with van der Waals surface area (Å²) in [5, 5.41) is 25.2. The van der Waals surface area contributed by atoms with Gasteiger partial charge in [-0.3, -0.25) is 0 Å². The topological polar surface area (TPSA) is 104 Å². The van der Waals surface area contributed by atoms with Crippen LogP contribution in [0, 0.1) is 0 Å². The summed E-state index contributed by atoms with van der Waals surface area (Å²) in [5.41, 5.74) is 0. The summed E-state index contributed by atoms with van der Waals surface area (Å²) in [6.45, 7) is 1.05. The van der Waals surface area contributed by atoms with E-state index in [0.717, 1.165) is 0 Å². The third-order valence-electron chi connectivity index (χ3n) is 0.953. The smallest absolute Gasteiger partial charge is 0.344 e. The van der Waals surface area contributed by atoms with Crippen LogP contribution < -0.4 is 0 Å². The third-order valence-corrected chi connectivity index (χ3v) is 0.953. The molecule has 0 aromatic heterocycles. The van der Waals surface area contributed by atoms with Crippen LogP contribution in [0.3, 0.4) is 0 Å². The molecule has 70 valence electrons. The lowest BCUT2D eigenvalue weighted by Gasteiger charge is -2.09. The number of aliphatic hydroxyl groups is 1. The number of carboxylic acids is 2. The zero-order chi connectivity index (χ0) is 9.72. The van der Waals surface area contributed by atoms with Gasteiger partial charge in [0.25, 0.3) is 6.10 Å². The molecule has 6 nitrogen and oxygen atoms in total. The molecular weight excluding hydrogens is 168 g/mol. The molecule has 0 aliphatic rings. The van der Waals surface area contributed by atoms with Crippen LogP contribution in [0.25, 0.3) is 0 Å². The molecule has 0 saturated heterocycles. The fraction of sp³-hybridized carbons (Fsp3) is 0.667. The molecule has 0 aromatic rings. The van der Waals surface area contributed by atoms with E-state index in [0.29, 0.717) is 0 Å². The second kappa shape index (κ2) is 4.68. The van der Waals surface area contributed by atoms with Crippen molar-refractivity contribution < 1.29 is 29.6 Å². The molecule has 0 spiro atoms. The maximum absolute atomic E-state index is 10.2. The summed E-state index contributed by atoms with van der Waals surface area (Å²) in [7, 11) is 0. The van der Waals surface area contributed by atoms with Crippen LogP contribution in [0.2, 0.25) is 0 Å². The van der Waals surface area contributed by atoms with E-state index in [1.807, 2.05) is 0 Å². The van der Waals surface area contributed by atoms with Crippen LogP contribution in [-0.2, 0) is 14.3 Å². The molecule has 0 aliphatic heterocycles. The summed E-state index contributed by atoms with van der Waals surface area (Å²) in [6, 6.07) is 0. The van der Waals surface area contributed by atoms with Gasteiger partial charge in [-0.15, -0.1) is 0 Å². The molecule has 0 aliphatic carbocycles. The summed E-state index contributed by atoms with van der Waals surface area (Å²) in [5.74, 6) is -3.16. The first-order valence-electron chi connectivity index (χ1n) is 3.20. The Labute approximate surface area is 68.4 Å². The van der Waals surface area contributed by atoms with Gasteiger partial charge in [0.05, 0.1) is 12.7 Å². The third kappa shape index (κ3) is 3.89. The Hall–Kier alpha value is -1.14. The minimum absolute atomic E-state index is 0.316. The molecule has 0 bridgehead atoms. The van der Waals surface area contributed by atoms with Crippen molar-refractivity contribution in [3.8, 4) is 0 Å². The summed E-state index contributed by atoms with van der Waals surface area (Å²) in [4.78, 5) is 20.3. The van der Waals surface area contributed by atoms with Gasteiger partial charge in [-0.05, 0) is 6.92 Å². The molecule has 1 unspecified atom stereocenters. The van der Waals surface area contributed by atoms with Crippen molar-refractivity contribution in [2.24, 2.45) is 0 Å². The van der Waals surface area contributed by atoms with Gasteiger partial charge in [-0.25, -0.2) is 9.59 Å². The highest BCUT2D eigenvalue weighted by atomic mass is 16.5. The van der Waals surface area contributed by atoms with E-state index in [1.54, 1.807) is 0 Å². The second-order valence-corrected chi connectivity index (χ2v) is 2.24. The van der Waals surface area contributed by atoms with Crippen LogP contribution in [0.1, 0.15) is 6.92 Å². The van der Waals surface area contributed by atoms with E-state index in [-0.39, 0.29) is 6.61 Å². The Balaban J connectivity index is 3.97. The van der Waals surface area contributed by atoms with Gasteiger partial charge >= 0.3 is 11.9 Å². The molecule has 12 heavy (non-hydrogen) atoms. The van der Waals surface area contributed by atoms with Gasteiger partial charge in [0.1, 0.15) is 0 Å². The molecule has 0 fully saturated rings. The molecule has 0 aromatic carbocycles. The van der Waals surface area contributed by atoms with Gasteiger partial charge in [-0.1, -0.05) is 0 Å². The maximum atomic E-state index is 10.2. The molecule has 0 radical (unpaired) electrons. The highest BCUT2D eigenvalue weighted by Crippen LogP contribution is 1.94. The highest BCUT2D eigenvalue weighted by Gasteiger charge is 2.26. The minimum atomic E-state index is -1.90. The summed E-state index contributed by atoms with van der Waals surface area (Å²) >= 11 is 0. The van der Waals surface area contributed by atoms with Crippen molar-refractivity contribution in [2.45, 2.75) is 19.1 Å². The number of rotatable bonds is 5. The minimum Gasteiger partial charge on any atom is -0.479 e. The lowest BCUT2D eigenvalue weighted by atomic mass is 10.3. The molecule has 3 N–H and O–H groups in total. The molecule has 6 heteroatoms. The maximum Gasteiger partial charge on any atom is 0.344 e. The van der Waals surface area contributed by atoms with Gasteiger partial charge < -0.3 is 20.1 Å². The highest BCUT2D eigenvalue weighted by molar-refractivity contribution is 5.95. The van der Waals surface area contributed by atoms with Crippen molar-refractivity contribution in [1.29, 1.82) is 0 Å².